The zero-order valence-corrected chi connectivity index (χ0v) is 13.9. The minimum Gasteiger partial charge on any atom is -0.387 e. The van der Waals surface area contributed by atoms with Crippen LogP contribution < -0.4 is 5.32 Å². The van der Waals surface area contributed by atoms with E-state index in [2.05, 4.69) is 38.2 Å². The maximum atomic E-state index is 10.6. The van der Waals surface area contributed by atoms with Crippen molar-refractivity contribution in [2.24, 2.45) is 0 Å². The lowest BCUT2D eigenvalue weighted by Crippen LogP contribution is -2.33. The molecular formula is C19H31NO. The van der Waals surface area contributed by atoms with E-state index >= 15 is 0 Å². The lowest BCUT2D eigenvalue weighted by Gasteiger charge is -2.24. The lowest BCUT2D eigenvalue weighted by atomic mass is 9.94. The summed E-state index contributed by atoms with van der Waals surface area (Å²) in [5, 5.41) is 14.2. The molecule has 118 valence electrons. The van der Waals surface area contributed by atoms with Crippen LogP contribution in [0.5, 0.6) is 0 Å². The molecule has 0 spiro atoms. The number of nitrogens with one attached hydrogen (secondary N) is 1. The van der Waals surface area contributed by atoms with E-state index in [1.807, 2.05) is 0 Å². The molecule has 1 aromatic rings. The highest BCUT2D eigenvalue weighted by atomic mass is 16.3. The van der Waals surface area contributed by atoms with Gasteiger partial charge in [-0.1, -0.05) is 49.8 Å². The molecule has 1 fully saturated rings. The summed E-state index contributed by atoms with van der Waals surface area (Å²) in [6.45, 7) is 7.00. The summed E-state index contributed by atoms with van der Waals surface area (Å²) in [5.41, 5.74) is 4.80. The molecule has 0 aromatic heterocycles. The van der Waals surface area contributed by atoms with Crippen LogP contribution >= 0.6 is 0 Å². The number of rotatable bonds is 4. The Bertz CT molecular complexity index is 424. The molecule has 2 N–H and O–H groups in total. The first-order valence-corrected chi connectivity index (χ1v) is 8.57. The van der Waals surface area contributed by atoms with Crippen LogP contribution in [0.15, 0.2) is 12.1 Å². The molecule has 0 heterocycles. The Hall–Kier alpha value is -0.860. The molecule has 1 atom stereocenters. The largest absolute Gasteiger partial charge is 0.387 e. The van der Waals surface area contributed by atoms with Crippen molar-refractivity contribution in [1.29, 1.82) is 0 Å². The summed E-state index contributed by atoms with van der Waals surface area (Å²) < 4.78 is 0. The van der Waals surface area contributed by atoms with Crippen molar-refractivity contribution in [3.05, 3.63) is 34.4 Å². The summed E-state index contributed by atoms with van der Waals surface area (Å²) >= 11 is 0. The maximum absolute atomic E-state index is 10.6. The fourth-order valence-electron chi connectivity index (χ4n) is 3.76. The van der Waals surface area contributed by atoms with Gasteiger partial charge in [-0.3, -0.25) is 0 Å². The Balaban J connectivity index is 1.93. The van der Waals surface area contributed by atoms with Crippen molar-refractivity contribution in [3.63, 3.8) is 0 Å². The van der Waals surface area contributed by atoms with Crippen LogP contribution in [0.3, 0.4) is 0 Å². The highest BCUT2D eigenvalue weighted by Crippen LogP contribution is 2.24. The number of hydrogen-bond acceptors (Lipinski definition) is 2. The normalized spacial score (nSPS) is 19.0. The van der Waals surface area contributed by atoms with Crippen molar-refractivity contribution in [2.75, 3.05) is 6.54 Å². The summed E-state index contributed by atoms with van der Waals surface area (Å²) in [7, 11) is 0. The van der Waals surface area contributed by atoms with E-state index in [4.69, 9.17) is 0 Å². The standard InChI is InChI=1S/C19H31NO/c1-14-11-15(2)19(16(3)12-14)18(21)13-20-17-9-7-5-4-6-8-10-17/h11-12,17-18,20-21H,4-10,13H2,1-3H3. The number of aryl methyl sites for hydroxylation is 3. The summed E-state index contributed by atoms with van der Waals surface area (Å²) in [5.74, 6) is 0. The van der Waals surface area contributed by atoms with Crippen LogP contribution in [0.1, 0.15) is 73.3 Å². The van der Waals surface area contributed by atoms with Gasteiger partial charge in [0.05, 0.1) is 6.10 Å². The first-order chi connectivity index (χ1) is 10.1. The Morgan fingerprint density at radius 1 is 1.00 bits per heavy atom. The third kappa shape index (κ3) is 4.82. The second-order valence-corrected chi connectivity index (χ2v) is 6.78. The predicted octanol–water partition coefficient (Wildman–Crippen LogP) is 4.35. The maximum Gasteiger partial charge on any atom is 0.0919 e. The van der Waals surface area contributed by atoms with Gasteiger partial charge in [0.25, 0.3) is 0 Å². The Kier molecular flexibility index (Phi) is 6.25. The van der Waals surface area contributed by atoms with Gasteiger partial charge in [-0.25, -0.2) is 0 Å². The SMILES string of the molecule is Cc1cc(C)c(C(O)CNC2CCCCCCC2)c(C)c1. The van der Waals surface area contributed by atoms with E-state index in [0.29, 0.717) is 12.6 Å². The molecule has 0 amide bonds. The molecule has 1 unspecified atom stereocenters. The third-order valence-electron chi connectivity index (χ3n) is 4.78. The van der Waals surface area contributed by atoms with Crippen molar-refractivity contribution in [3.8, 4) is 0 Å². The highest BCUT2D eigenvalue weighted by molar-refractivity contribution is 5.39. The smallest absolute Gasteiger partial charge is 0.0919 e. The van der Waals surface area contributed by atoms with Gasteiger partial charge in [0.1, 0.15) is 0 Å². The zero-order chi connectivity index (χ0) is 15.2. The average Bonchev–Trinajstić information content (AvgIpc) is 2.36. The molecule has 1 aliphatic rings. The molecule has 21 heavy (non-hydrogen) atoms. The number of aliphatic hydroxyl groups excluding tert-OH is 1. The first-order valence-electron chi connectivity index (χ1n) is 8.57. The van der Waals surface area contributed by atoms with Crippen molar-refractivity contribution in [2.45, 2.75) is 77.9 Å². The average molecular weight is 289 g/mol. The lowest BCUT2D eigenvalue weighted by molar-refractivity contribution is 0.165. The Morgan fingerprint density at radius 3 is 2.10 bits per heavy atom. The fourth-order valence-corrected chi connectivity index (χ4v) is 3.76. The van der Waals surface area contributed by atoms with Gasteiger partial charge >= 0.3 is 0 Å². The van der Waals surface area contributed by atoms with Gasteiger partial charge in [-0.15, -0.1) is 0 Å². The van der Waals surface area contributed by atoms with E-state index in [1.54, 1.807) is 0 Å². The van der Waals surface area contributed by atoms with Crippen molar-refractivity contribution in [1.82, 2.24) is 5.32 Å². The van der Waals surface area contributed by atoms with E-state index in [9.17, 15) is 5.11 Å². The van der Waals surface area contributed by atoms with Crippen LogP contribution in [-0.2, 0) is 0 Å². The summed E-state index contributed by atoms with van der Waals surface area (Å²) in [6, 6.07) is 4.92. The third-order valence-corrected chi connectivity index (χ3v) is 4.78. The van der Waals surface area contributed by atoms with Gasteiger partial charge in [0, 0.05) is 12.6 Å². The number of benzene rings is 1. The van der Waals surface area contributed by atoms with Crippen LogP contribution in [0, 0.1) is 20.8 Å². The van der Waals surface area contributed by atoms with Crippen molar-refractivity contribution >= 4 is 0 Å². The second kappa shape index (κ2) is 7.95. The van der Waals surface area contributed by atoms with E-state index in [-0.39, 0.29) is 0 Å². The number of aliphatic hydroxyl groups is 1. The zero-order valence-electron chi connectivity index (χ0n) is 13.9. The predicted molar refractivity (Wildman–Crippen MR) is 89.7 cm³/mol. The quantitative estimate of drug-likeness (QED) is 0.864. The number of hydrogen-bond donors (Lipinski definition) is 2. The summed E-state index contributed by atoms with van der Waals surface area (Å²) in [4.78, 5) is 0. The molecule has 2 nitrogen and oxygen atoms in total. The molecule has 0 saturated heterocycles. The van der Waals surface area contributed by atoms with Gasteiger partial charge in [0.15, 0.2) is 0 Å². The van der Waals surface area contributed by atoms with E-state index in [0.717, 1.165) is 5.56 Å². The highest BCUT2D eigenvalue weighted by Gasteiger charge is 2.16. The van der Waals surface area contributed by atoms with Gasteiger partial charge in [0.2, 0.25) is 0 Å². The van der Waals surface area contributed by atoms with Crippen LogP contribution in [0.2, 0.25) is 0 Å². The van der Waals surface area contributed by atoms with Gasteiger partial charge in [-0.2, -0.15) is 0 Å². The molecule has 2 heteroatoms. The van der Waals surface area contributed by atoms with Crippen molar-refractivity contribution < 1.29 is 5.11 Å². The minimum atomic E-state index is -0.393. The Labute approximate surface area is 130 Å². The molecule has 2 rings (SSSR count). The molecule has 1 aromatic carbocycles. The topological polar surface area (TPSA) is 32.3 Å². The molecule has 0 aliphatic heterocycles. The minimum absolute atomic E-state index is 0.393. The monoisotopic (exact) mass is 289 g/mol. The molecule has 0 bridgehead atoms. The van der Waals surface area contributed by atoms with Gasteiger partial charge < -0.3 is 10.4 Å². The molecular weight excluding hydrogens is 258 g/mol. The fraction of sp³-hybridized carbons (Fsp3) is 0.684. The van der Waals surface area contributed by atoms with E-state index < -0.39 is 6.10 Å². The summed E-state index contributed by atoms with van der Waals surface area (Å²) in [6.07, 6.45) is 8.94. The van der Waals surface area contributed by atoms with Gasteiger partial charge in [-0.05, 0) is 50.3 Å². The van der Waals surface area contributed by atoms with E-state index in [1.165, 1.54) is 61.6 Å². The molecule has 1 saturated carbocycles. The second-order valence-electron chi connectivity index (χ2n) is 6.78. The van der Waals surface area contributed by atoms with Crippen LogP contribution in [0.25, 0.3) is 0 Å². The van der Waals surface area contributed by atoms with Crippen LogP contribution in [-0.4, -0.2) is 17.7 Å². The first kappa shape index (κ1) is 16.5. The van der Waals surface area contributed by atoms with Crippen LogP contribution in [0.4, 0.5) is 0 Å². The Morgan fingerprint density at radius 2 is 1.52 bits per heavy atom. The molecule has 0 radical (unpaired) electrons. The molecule has 1 aliphatic carbocycles.